The van der Waals surface area contributed by atoms with Crippen molar-refractivity contribution in [1.82, 2.24) is 4.98 Å². The Morgan fingerprint density at radius 2 is 2.00 bits per heavy atom. The molecule has 0 radical (unpaired) electrons. The Morgan fingerprint density at radius 3 is 2.67 bits per heavy atom. The number of aromatic amines is 1. The molecule has 0 aliphatic heterocycles. The normalized spacial score (nSPS) is 11.9. The fraction of sp³-hybridized carbons (Fsp3) is 0.300. The van der Waals surface area contributed by atoms with E-state index in [1.165, 1.54) is 0 Å². The smallest absolute Gasteiger partial charge is 0.230 e. The third kappa shape index (κ3) is 3.84. The Kier molecular flexibility index (Phi) is 5.26. The zero-order valence-corrected chi connectivity index (χ0v) is 16.8. The summed E-state index contributed by atoms with van der Waals surface area (Å²) in [4.78, 5) is 27.2. The SMILES string of the molecule is CC(C)(CCO)C(=O)Nc1ccc2c(c1)[nH]c1c(CC(N)=O)ccc(Br)c12. The number of primary amides is 1. The lowest BCUT2D eigenvalue weighted by atomic mass is 9.88. The molecule has 2 aromatic carbocycles. The molecule has 0 aliphatic rings. The number of anilines is 1. The average Bonchev–Trinajstić information content (AvgIpc) is 2.96. The minimum absolute atomic E-state index is 0.0435. The fourth-order valence-electron chi connectivity index (χ4n) is 3.13. The number of H-pyrrole nitrogens is 1. The highest BCUT2D eigenvalue weighted by molar-refractivity contribution is 9.10. The third-order valence-corrected chi connectivity index (χ3v) is 5.42. The maximum Gasteiger partial charge on any atom is 0.230 e. The molecule has 0 saturated carbocycles. The third-order valence-electron chi connectivity index (χ3n) is 4.76. The maximum atomic E-state index is 12.5. The number of aromatic nitrogens is 1. The van der Waals surface area contributed by atoms with Crippen LogP contribution in [0.2, 0.25) is 0 Å². The minimum atomic E-state index is -0.665. The van der Waals surface area contributed by atoms with Gasteiger partial charge in [0, 0.05) is 38.5 Å². The van der Waals surface area contributed by atoms with Crippen molar-refractivity contribution in [2.45, 2.75) is 26.7 Å². The summed E-state index contributed by atoms with van der Waals surface area (Å²) in [7, 11) is 0. The van der Waals surface area contributed by atoms with Gasteiger partial charge in [-0.15, -0.1) is 0 Å². The summed E-state index contributed by atoms with van der Waals surface area (Å²) in [5, 5.41) is 14.0. The lowest BCUT2D eigenvalue weighted by Gasteiger charge is -2.22. The summed E-state index contributed by atoms with van der Waals surface area (Å²) in [6, 6.07) is 9.41. The first-order chi connectivity index (χ1) is 12.7. The van der Waals surface area contributed by atoms with Gasteiger partial charge in [-0.3, -0.25) is 9.59 Å². The van der Waals surface area contributed by atoms with Crippen LogP contribution in [-0.4, -0.2) is 28.5 Å². The van der Waals surface area contributed by atoms with E-state index in [1.807, 2.05) is 30.3 Å². The van der Waals surface area contributed by atoms with Crippen LogP contribution in [-0.2, 0) is 16.0 Å². The van der Waals surface area contributed by atoms with Crippen molar-refractivity contribution in [3.63, 3.8) is 0 Å². The Labute approximate surface area is 165 Å². The van der Waals surface area contributed by atoms with Crippen molar-refractivity contribution in [3.8, 4) is 0 Å². The van der Waals surface area contributed by atoms with E-state index >= 15 is 0 Å². The van der Waals surface area contributed by atoms with Crippen LogP contribution in [0.15, 0.2) is 34.8 Å². The van der Waals surface area contributed by atoms with Crippen LogP contribution in [0, 0.1) is 5.41 Å². The van der Waals surface area contributed by atoms with Gasteiger partial charge in [0.05, 0.1) is 11.9 Å². The molecule has 1 aromatic heterocycles. The van der Waals surface area contributed by atoms with Crippen LogP contribution < -0.4 is 11.1 Å². The molecule has 3 rings (SSSR count). The van der Waals surface area contributed by atoms with Crippen molar-refractivity contribution < 1.29 is 14.7 Å². The molecule has 0 unspecified atom stereocenters. The highest BCUT2D eigenvalue weighted by Crippen LogP contribution is 2.35. The predicted molar refractivity (Wildman–Crippen MR) is 111 cm³/mol. The number of hydrogen-bond donors (Lipinski definition) is 4. The van der Waals surface area contributed by atoms with Gasteiger partial charge in [-0.25, -0.2) is 0 Å². The summed E-state index contributed by atoms with van der Waals surface area (Å²) < 4.78 is 0.915. The van der Waals surface area contributed by atoms with Gasteiger partial charge in [0.25, 0.3) is 0 Å². The quantitative estimate of drug-likeness (QED) is 0.479. The largest absolute Gasteiger partial charge is 0.396 e. The molecule has 0 fully saturated rings. The number of fused-ring (bicyclic) bond motifs is 3. The molecule has 27 heavy (non-hydrogen) atoms. The lowest BCUT2D eigenvalue weighted by Crippen LogP contribution is -2.31. The summed E-state index contributed by atoms with van der Waals surface area (Å²) in [6.07, 6.45) is 0.534. The highest BCUT2D eigenvalue weighted by Gasteiger charge is 2.27. The Morgan fingerprint density at radius 1 is 1.26 bits per heavy atom. The highest BCUT2D eigenvalue weighted by atomic mass is 79.9. The number of hydrogen-bond acceptors (Lipinski definition) is 3. The van der Waals surface area contributed by atoms with Crippen molar-refractivity contribution in [2.24, 2.45) is 11.1 Å². The van der Waals surface area contributed by atoms with Crippen molar-refractivity contribution in [1.29, 1.82) is 0 Å². The standard InChI is InChI=1S/C20H22BrN3O3/c1-20(2,7-8-25)19(27)23-12-4-5-13-15(10-12)24-18-11(9-16(22)26)3-6-14(21)17(13)18/h3-6,10,24-25H,7-9H2,1-2H3,(H2,22,26)(H,23,27). The van der Waals surface area contributed by atoms with Crippen LogP contribution in [0.5, 0.6) is 0 Å². The van der Waals surface area contributed by atoms with Gasteiger partial charge < -0.3 is 21.1 Å². The van der Waals surface area contributed by atoms with Gasteiger partial charge in [-0.05, 0) is 30.2 Å². The van der Waals surface area contributed by atoms with Gasteiger partial charge in [0.2, 0.25) is 11.8 Å². The first-order valence-electron chi connectivity index (χ1n) is 8.66. The summed E-state index contributed by atoms with van der Waals surface area (Å²) in [5.74, 6) is -0.543. The van der Waals surface area contributed by atoms with E-state index < -0.39 is 11.3 Å². The number of nitrogens with one attached hydrogen (secondary N) is 2. The van der Waals surface area contributed by atoms with Gasteiger partial charge in [-0.2, -0.15) is 0 Å². The number of amides is 2. The van der Waals surface area contributed by atoms with E-state index in [9.17, 15) is 9.59 Å². The average molecular weight is 432 g/mol. The molecule has 7 heteroatoms. The zero-order valence-electron chi connectivity index (χ0n) is 15.2. The minimum Gasteiger partial charge on any atom is -0.396 e. The van der Waals surface area contributed by atoms with E-state index in [0.29, 0.717) is 12.1 Å². The summed E-state index contributed by atoms with van der Waals surface area (Å²) in [6.45, 7) is 3.55. The number of benzene rings is 2. The van der Waals surface area contributed by atoms with Crippen LogP contribution >= 0.6 is 15.9 Å². The van der Waals surface area contributed by atoms with E-state index in [0.717, 1.165) is 31.8 Å². The maximum absolute atomic E-state index is 12.5. The number of carbonyl (C=O) groups is 2. The second kappa shape index (κ2) is 7.32. The summed E-state index contributed by atoms with van der Waals surface area (Å²) >= 11 is 3.57. The monoisotopic (exact) mass is 431 g/mol. The Balaban J connectivity index is 2.03. The number of aliphatic hydroxyl groups excluding tert-OH is 1. The lowest BCUT2D eigenvalue weighted by molar-refractivity contribution is -0.124. The Hall–Kier alpha value is -2.38. The number of aliphatic hydroxyl groups is 1. The topological polar surface area (TPSA) is 108 Å². The van der Waals surface area contributed by atoms with Crippen LogP contribution in [0.3, 0.4) is 0 Å². The van der Waals surface area contributed by atoms with Gasteiger partial charge in [0.1, 0.15) is 0 Å². The molecule has 0 aliphatic carbocycles. The molecular formula is C20H22BrN3O3. The molecule has 2 amide bonds. The number of carbonyl (C=O) groups excluding carboxylic acids is 2. The Bertz CT molecular complexity index is 1040. The summed E-state index contributed by atoms with van der Waals surface area (Å²) in [5.41, 5.74) is 7.88. The second-order valence-electron chi connectivity index (χ2n) is 7.30. The molecule has 5 N–H and O–H groups in total. The molecule has 0 bridgehead atoms. The fourth-order valence-corrected chi connectivity index (χ4v) is 3.68. The van der Waals surface area contributed by atoms with E-state index in [-0.39, 0.29) is 18.9 Å². The van der Waals surface area contributed by atoms with Gasteiger partial charge in [0.15, 0.2) is 0 Å². The first-order valence-corrected chi connectivity index (χ1v) is 9.45. The molecule has 0 atom stereocenters. The molecule has 142 valence electrons. The van der Waals surface area contributed by atoms with Crippen molar-refractivity contribution in [2.75, 3.05) is 11.9 Å². The molecule has 3 aromatic rings. The van der Waals surface area contributed by atoms with Crippen LogP contribution in [0.4, 0.5) is 5.69 Å². The van der Waals surface area contributed by atoms with Crippen LogP contribution in [0.25, 0.3) is 21.8 Å². The predicted octanol–water partition coefficient (Wildman–Crippen LogP) is 3.46. The van der Waals surface area contributed by atoms with Crippen LogP contribution in [0.1, 0.15) is 25.8 Å². The number of nitrogens with two attached hydrogens (primary N) is 1. The first kappa shape index (κ1) is 19.4. The van der Waals surface area contributed by atoms with Crippen molar-refractivity contribution >= 4 is 55.2 Å². The molecule has 0 saturated heterocycles. The van der Waals surface area contributed by atoms with Crippen molar-refractivity contribution in [3.05, 3.63) is 40.4 Å². The molecule has 1 heterocycles. The number of halogens is 1. The van der Waals surface area contributed by atoms with E-state index in [2.05, 4.69) is 26.2 Å². The second-order valence-corrected chi connectivity index (χ2v) is 8.15. The molecular weight excluding hydrogens is 410 g/mol. The van der Waals surface area contributed by atoms with Gasteiger partial charge in [-0.1, -0.05) is 41.9 Å². The zero-order chi connectivity index (χ0) is 19.8. The van der Waals surface area contributed by atoms with E-state index in [1.54, 1.807) is 13.8 Å². The molecule has 0 spiro atoms. The molecule has 6 nitrogen and oxygen atoms in total. The van der Waals surface area contributed by atoms with Gasteiger partial charge >= 0.3 is 0 Å². The van der Waals surface area contributed by atoms with E-state index in [4.69, 9.17) is 10.8 Å². The number of rotatable bonds is 6.